The summed E-state index contributed by atoms with van der Waals surface area (Å²) in [5, 5.41) is 3.42. The van der Waals surface area contributed by atoms with Crippen LogP contribution in [-0.2, 0) is 14.3 Å². The van der Waals surface area contributed by atoms with Gasteiger partial charge in [0, 0.05) is 18.0 Å². The Kier molecular flexibility index (Phi) is 7.34. The lowest BCUT2D eigenvalue weighted by Crippen LogP contribution is -2.65. The lowest BCUT2D eigenvalue weighted by Gasteiger charge is -2.71. The van der Waals surface area contributed by atoms with Crippen molar-refractivity contribution in [2.45, 2.75) is 126 Å². The number of carbonyl (C=O) groups excluding carboxylic acids is 2. The average Bonchev–Trinajstić information content (AvgIpc) is 2.92. The summed E-state index contributed by atoms with van der Waals surface area (Å²) in [6, 6.07) is 8.29. The van der Waals surface area contributed by atoms with Crippen molar-refractivity contribution in [1.29, 1.82) is 0 Å². The molecule has 4 saturated carbocycles. The molecule has 0 spiro atoms. The highest BCUT2D eigenvalue weighted by Gasteiger charge is 2.69. The molecule has 1 aromatic carbocycles. The maximum atomic E-state index is 14.5. The molecule has 236 valence electrons. The van der Waals surface area contributed by atoms with Crippen LogP contribution in [0, 0.1) is 63.6 Å². The largest absolute Gasteiger partial charge is 0.462 e. The van der Waals surface area contributed by atoms with Gasteiger partial charge in [-0.3, -0.25) is 9.59 Å². The molecule has 0 aliphatic heterocycles. The van der Waals surface area contributed by atoms with Crippen LogP contribution in [0.5, 0.6) is 0 Å². The summed E-state index contributed by atoms with van der Waals surface area (Å²) in [5.74, 6) is 2.61. The molecule has 6 rings (SSSR count). The van der Waals surface area contributed by atoms with Crippen LogP contribution in [0.1, 0.15) is 119 Å². The van der Waals surface area contributed by atoms with Crippen LogP contribution in [0.15, 0.2) is 35.9 Å². The zero-order valence-electron chi connectivity index (χ0n) is 28.4. The van der Waals surface area contributed by atoms with E-state index in [0.29, 0.717) is 29.6 Å². The van der Waals surface area contributed by atoms with Crippen LogP contribution >= 0.6 is 0 Å². The topological polar surface area (TPSA) is 55.4 Å². The second kappa shape index (κ2) is 10.2. The molecule has 10 atom stereocenters. The molecule has 0 saturated heterocycles. The Hall–Kier alpha value is -2.10. The number of benzene rings is 1. The fraction of sp³-hybridized carbons (Fsp3) is 0.744. The number of allylic oxidation sites excluding steroid dienone is 2. The molecule has 43 heavy (non-hydrogen) atoms. The standard InChI is InChI=1S/C39H57NO3/c1-24-11-10-12-28(23-24)40-34(42)39-20-15-25(2)26(3)33(39)29-13-14-31-36(7)18-17-32(43-27(4)41)35(5,6)30(36)16-19-38(31,9)37(29,8)21-22-39/h10-13,23,25-26,30-33H,14-22H2,1-9H3,(H,40,42)/t25-,26+,30+,31-,32+,33+,36+,37-,38-,39+/m1/s1. The van der Waals surface area contributed by atoms with E-state index in [1.165, 1.54) is 18.4 Å². The number of hydrogen-bond acceptors (Lipinski definition) is 3. The number of hydrogen-bond donors (Lipinski definition) is 1. The Labute approximate surface area is 261 Å². The van der Waals surface area contributed by atoms with Crippen LogP contribution in [-0.4, -0.2) is 18.0 Å². The van der Waals surface area contributed by atoms with Gasteiger partial charge < -0.3 is 10.1 Å². The second-order valence-corrected chi connectivity index (χ2v) is 17.1. The molecular weight excluding hydrogens is 530 g/mol. The number of nitrogens with one attached hydrogen (secondary N) is 1. The Morgan fingerprint density at radius 1 is 0.907 bits per heavy atom. The summed E-state index contributed by atoms with van der Waals surface area (Å²) in [4.78, 5) is 26.5. The van der Waals surface area contributed by atoms with E-state index >= 15 is 0 Å². The number of rotatable bonds is 3. The van der Waals surface area contributed by atoms with Crippen molar-refractivity contribution in [3.8, 4) is 0 Å². The molecule has 4 heteroatoms. The van der Waals surface area contributed by atoms with Gasteiger partial charge in [-0.25, -0.2) is 0 Å². The van der Waals surface area contributed by atoms with Crippen LogP contribution in [0.3, 0.4) is 0 Å². The van der Waals surface area contributed by atoms with E-state index in [4.69, 9.17) is 4.74 Å². The van der Waals surface area contributed by atoms with Crippen molar-refractivity contribution in [2.24, 2.45) is 56.7 Å². The Bertz CT molecular complexity index is 1330. The fourth-order valence-electron chi connectivity index (χ4n) is 12.2. The van der Waals surface area contributed by atoms with Gasteiger partial charge in [-0.1, -0.05) is 72.2 Å². The van der Waals surface area contributed by atoms with E-state index in [0.717, 1.165) is 50.6 Å². The maximum absolute atomic E-state index is 14.5. The number of fused-ring (bicyclic) bond motifs is 7. The summed E-state index contributed by atoms with van der Waals surface area (Å²) in [5.41, 5.74) is 3.84. The van der Waals surface area contributed by atoms with E-state index in [9.17, 15) is 9.59 Å². The number of esters is 1. The van der Waals surface area contributed by atoms with Gasteiger partial charge in [0.15, 0.2) is 0 Å². The van der Waals surface area contributed by atoms with Gasteiger partial charge in [0.05, 0.1) is 5.41 Å². The number of carbonyl (C=O) groups is 2. The Balaban J connectivity index is 1.38. The molecule has 1 amide bonds. The first kappa shape index (κ1) is 30.9. The highest BCUT2D eigenvalue weighted by Crippen LogP contribution is 2.76. The molecular formula is C39H57NO3. The van der Waals surface area contributed by atoms with Gasteiger partial charge in [-0.05, 0) is 128 Å². The van der Waals surface area contributed by atoms with Crippen molar-refractivity contribution in [3.05, 3.63) is 41.5 Å². The van der Waals surface area contributed by atoms with E-state index in [1.54, 1.807) is 12.5 Å². The molecule has 4 nitrogen and oxygen atoms in total. The first-order valence-corrected chi connectivity index (χ1v) is 17.4. The Morgan fingerprint density at radius 2 is 1.65 bits per heavy atom. The summed E-state index contributed by atoms with van der Waals surface area (Å²) in [7, 11) is 0. The SMILES string of the molecule is CC(=O)O[C@H]1CC[C@]2(C)[C@H]3CC=C4[C@@H]5[C@@H](C)[C@H](C)CC[C@]5(C(=O)Nc5cccc(C)c5)CC[C@@]4(C)[C@]3(C)CC[C@H]2C1(C)C. The van der Waals surface area contributed by atoms with Crippen molar-refractivity contribution in [2.75, 3.05) is 5.32 Å². The zero-order valence-corrected chi connectivity index (χ0v) is 28.4. The van der Waals surface area contributed by atoms with Gasteiger partial charge in [-0.15, -0.1) is 0 Å². The normalized spacial score (nSPS) is 44.9. The minimum Gasteiger partial charge on any atom is -0.462 e. The number of aryl methyl sites for hydroxylation is 1. The highest BCUT2D eigenvalue weighted by molar-refractivity contribution is 5.96. The summed E-state index contributed by atoms with van der Waals surface area (Å²) in [6.45, 7) is 21.1. The Morgan fingerprint density at radius 3 is 2.35 bits per heavy atom. The molecule has 0 aromatic heterocycles. The molecule has 0 radical (unpaired) electrons. The highest BCUT2D eigenvalue weighted by atomic mass is 16.5. The van der Waals surface area contributed by atoms with Crippen molar-refractivity contribution < 1.29 is 14.3 Å². The number of anilines is 1. The molecule has 5 aliphatic carbocycles. The molecule has 0 unspecified atom stereocenters. The van der Waals surface area contributed by atoms with Gasteiger partial charge in [-0.2, -0.15) is 0 Å². The van der Waals surface area contributed by atoms with Crippen molar-refractivity contribution >= 4 is 17.6 Å². The van der Waals surface area contributed by atoms with Crippen molar-refractivity contribution in [3.63, 3.8) is 0 Å². The molecule has 5 aliphatic rings. The second-order valence-electron chi connectivity index (χ2n) is 17.1. The molecule has 1 N–H and O–H groups in total. The summed E-state index contributed by atoms with van der Waals surface area (Å²) in [6.07, 6.45) is 12.4. The lowest BCUT2D eigenvalue weighted by molar-refractivity contribution is -0.212. The maximum Gasteiger partial charge on any atom is 0.302 e. The van der Waals surface area contributed by atoms with Crippen LogP contribution in [0.2, 0.25) is 0 Å². The predicted octanol–water partition coefficient (Wildman–Crippen LogP) is 9.52. The van der Waals surface area contributed by atoms with Gasteiger partial charge in [0.2, 0.25) is 5.91 Å². The van der Waals surface area contributed by atoms with Crippen molar-refractivity contribution in [1.82, 2.24) is 0 Å². The lowest BCUT2D eigenvalue weighted by atomic mass is 9.33. The number of ether oxygens (including phenoxy) is 1. The summed E-state index contributed by atoms with van der Waals surface area (Å²) < 4.78 is 5.94. The predicted molar refractivity (Wildman–Crippen MR) is 174 cm³/mol. The average molecular weight is 588 g/mol. The smallest absolute Gasteiger partial charge is 0.302 e. The monoisotopic (exact) mass is 587 g/mol. The number of amides is 1. The molecule has 1 aromatic rings. The minimum atomic E-state index is -0.338. The quantitative estimate of drug-likeness (QED) is 0.283. The molecule has 4 fully saturated rings. The van der Waals surface area contributed by atoms with Gasteiger partial charge in [0.25, 0.3) is 0 Å². The minimum absolute atomic E-state index is 0.00417. The van der Waals surface area contributed by atoms with E-state index in [1.807, 2.05) is 12.1 Å². The van der Waals surface area contributed by atoms with E-state index in [-0.39, 0.29) is 45.1 Å². The first-order chi connectivity index (χ1) is 20.1. The zero-order chi connectivity index (χ0) is 31.2. The molecule has 0 heterocycles. The fourth-order valence-corrected chi connectivity index (χ4v) is 12.2. The van der Waals surface area contributed by atoms with Crippen LogP contribution in [0.4, 0.5) is 5.69 Å². The van der Waals surface area contributed by atoms with E-state index < -0.39 is 0 Å². The van der Waals surface area contributed by atoms with Gasteiger partial charge >= 0.3 is 5.97 Å². The third kappa shape index (κ3) is 4.34. The third-order valence-corrected chi connectivity index (χ3v) is 15.0. The van der Waals surface area contributed by atoms with Crippen LogP contribution < -0.4 is 5.32 Å². The van der Waals surface area contributed by atoms with Gasteiger partial charge in [0.1, 0.15) is 6.10 Å². The summed E-state index contributed by atoms with van der Waals surface area (Å²) >= 11 is 0. The van der Waals surface area contributed by atoms with E-state index in [2.05, 4.69) is 78.9 Å². The molecule has 0 bridgehead atoms. The third-order valence-electron chi connectivity index (χ3n) is 15.0. The van der Waals surface area contributed by atoms with Crippen LogP contribution in [0.25, 0.3) is 0 Å². The first-order valence-electron chi connectivity index (χ1n) is 17.4.